The normalized spacial score (nSPS) is 18.6. The molecule has 3 N–H and O–H groups in total. The predicted molar refractivity (Wildman–Crippen MR) is 121 cm³/mol. The highest BCUT2D eigenvalue weighted by atomic mass is 32.2. The molecule has 1 unspecified atom stereocenters. The maximum atomic E-state index is 13.5. The fourth-order valence-corrected chi connectivity index (χ4v) is 5.03. The van der Waals surface area contributed by atoms with E-state index in [1.54, 1.807) is 6.07 Å². The van der Waals surface area contributed by atoms with E-state index in [2.05, 4.69) is 15.0 Å². The van der Waals surface area contributed by atoms with Crippen molar-refractivity contribution in [3.8, 4) is 5.75 Å². The van der Waals surface area contributed by atoms with Gasteiger partial charge in [-0.25, -0.2) is 9.18 Å². The fourth-order valence-electron chi connectivity index (χ4n) is 3.96. The van der Waals surface area contributed by atoms with Gasteiger partial charge in [-0.15, -0.1) is 11.8 Å². The van der Waals surface area contributed by atoms with Crippen LogP contribution in [0.4, 0.5) is 4.39 Å². The lowest BCUT2D eigenvalue weighted by molar-refractivity contribution is -0.142. The van der Waals surface area contributed by atoms with Crippen molar-refractivity contribution in [1.29, 1.82) is 0 Å². The molecule has 158 valence electrons. The summed E-state index contributed by atoms with van der Waals surface area (Å²) in [7, 11) is 0. The Bertz CT molecular complexity index is 1340. The lowest BCUT2D eigenvalue weighted by atomic mass is 9.96. The molecule has 1 aliphatic rings. The van der Waals surface area contributed by atoms with Crippen molar-refractivity contribution >= 4 is 44.6 Å². The summed E-state index contributed by atoms with van der Waals surface area (Å²) >= 11 is 1.40. The van der Waals surface area contributed by atoms with Crippen LogP contribution in [0, 0.1) is 12.7 Å². The largest absolute Gasteiger partial charge is 0.486 e. The van der Waals surface area contributed by atoms with Crippen LogP contribution in [-0.2, 0) is 11.2 Å². The zero-order valence-corrected chi connectivity index (χ0v) is 17.6. The molecule has 0 radical (unpaired) electrons. The van der Waals surface area contributed by atoms with Crippen LogP contribution >= 0.6 is 11.8 Å². The van der Waals surface area contributed by atoms with Crippen molar-refractivity contribution in [2.75, 3.05) is 12.4 Å². The third-order valence-corrected chi connectivity index (χ3v) is 6.61. The quantitative estimate of drug-likeness (QED) is 0.408. The Balaban J connectivity index is 1.37. The average molecular weight is 437 g/mol. The molecule has 0 saturated heterocycles. The van der Waals surface area contributed by atoms with Crippen LogP contribution in [0.25, 0.3) is 21.8 Å². The minimum absolute atomic E-state index is 0.196. The van der Waals surface area contributed by atoms with E-state index in [0.29, 0.717) is 22.0 Å². The smallest absolute Gasteiger partial charge is 0.332 e. The summed E-state index contributed by atoms with van der Waals surface area (Å²) in [5, 5.41) is 12.4. The van der Waals surface area contributed by atoms with Gasteiger partial charge in [-0.05, 0) is 54.8 Å². The molecule has 2 aromatic heterocycles. The van der Waals surface area contributed by atoms with Crippen molar-refractivity contribution in [2.24, 2.45) is 4.99 Å². The Kier molecular flexibility index (Phi) is 4.74. The monoisotopic (exact) mass is 437 g/mol. The van der Waals surface area contributed by atoms with Crippen molar-refractivity contribution in [3.05, 3.63) is 65.7 Å². The van der Waals surface area contributed by atoms with Gasteiger partial charge in [0, 0.05) is 40.0 Å². The number of aromatic amines is 2. The fraction of sp³-hybridized carbons (Fsp3) is 0.217. The SMILES string of the molecule is Cc1cc2c(OCC3=NC(Cc4cc5ccc(F)cc5[nH]4)(C(=O)O)CS3)cccc2[nH]1. The lowest BCUT2D eigenvalue weighted by Crippen LogP contribution is -2.39. The molecule has 0 spiro atoms. The highest BCUT2D eigenvalue weighted by Gasteiger charge is 2.43. The number of benzene rings is 2. The zero-order chi connectivity index (χ0) is 21.6. The summed E-state index contributed by atoms with van der Waals surface area (Å²) in [6, 6.07) is 14.1. The first kappa shape index (κ1) is 19.7. The number of halogens is 1. The molecule has 0 fully saturated rings. The molecule has 1 aliphatic heterocycles. The number of nitrogens with zero attached hydrogens (tertiary/aromatic N) is 1. The lowest BCUT2D eigenvalue weighted by Gasteiger charge is -2.19. The van der Waals surface area contributed by atoms with Crippen LogP contribution in [0.15, 0.2) is 53.5 Å². The van der Waals surface area contributed by atoms with E-state index >= 15 is 0 Å². The van der Waals surface area contributed by atoms with E-state index in [1.807, 2.05) is 37.3 Å². The third kappa shape index (κ3) is 3.67. The summed E-state index contributed by atoms with van der Waals surface area (Å²) < 4.78 is 19.5. The van der Waals surface area contributed by atoms with Gasteiger partial charge in [0.15, 0.2) is 5.54 Å². The highest BCUT2D eigenvalue weighted by molar-refractivity contribution is 8.14. The number of carboxylic acids is 1. The molecule has 5 rings (SSSR count). The first-order valence-electron chi connectivity index (χ1n) is 9.85. The highest BCUT2D eigenvalue weighted by Crippen LogP contribution is 2.33. The van der Waals surface area contributed by atoms with Crippen LogP contribution < -0.4 is 4.74 Å². The maximum Gasteiger partial charge on any atom is 0.332 e. The van der Waals surface area contributed by atoms with Crippen LogP contribution in [0.5, 0.6) is 5.75 Å². The van der Waals surface area contributed by atoms with Crippen LogP contribution in [-0.4, -0.2) is 44.0 Å². The molecular weight excluding hydrogens is 417 g/mol. The molecular formula is C23H20FN3O3S. The summed E-state index contributed by atoms with van der Waals surface area (Å²) in [5.41, 5.74) is 2.11. The topological polar surface area (TPSA) is 90.5 Å². The Hall–Kier alpha value is -3.26. The van der Waals surface area contributed by atoms with Crippen LogP contribution in [0.2, 0.25) is 0 Å². The first-order chi connectivity index (χ1) is 14.9. The molecule has 0 amide bonds. The molecule has 31 heavy (non-hydrogen) atoms. The summed E-state index contributed by atoms with van der Waals surface area (Å²) in [6.45, 7) is 2.20. The minimum atomic E-state index is -1.28. The van der Waals surface area contributed by atoms with Crippen molar-refractivity contribution in [1.82, 2.24) is 9.97 Å². The molecule has 8 heteroatoms. The van der Waals surface area contributed by atoms with Gasteiger partial charge in [0.2, 0.25) is 0 Å². The van der Waals surface area contributed by atoms with Crippen molar-refractivity contribution < 1.29 is 19.0 Å². The molecule has 2 aromatic carbocycles. The Morgan fingerprint density at radius 2 is 2.10 bits per heavy atom. The number of hydrogen-bond acceptors (Lipinski definition) is 4. The molecule has 1 atom stereocenters. The number of nitrogens with one attached hydrogen (secondary N) is 2. The van der Waals surface area contributed by atoms with Crippen molar-refractivity contribution in [2.45, 2.75) is 18.9 Å². The Labute approximate surface area is 181 Å². The van der Waals surface area contributed by atoms with E-state index in [9.17, 15) is 14.3 Å². The number of rotatable bonds is 6. The Morgan fingerprint density at radius 1 is 1.23 bits per heavy atom. The minimum Gasteiger partial charge on any atom is -0.486 e. The number of aryl methyl sites for hydroxylation is 1. The molecule has 6 nitrogen and oxygen atoms in total. The number of thioether (sulfide) groups is 1. The van der Waals surface area contributed by atoms with E-state index in [1.165, 1.54) is 23.9 Å². The summed E-state index contributed by atoms with van der Waals surface area (Å²) in [5.74, 6) is -0.271. The number of hydrogen-bond donors (Lipinski definition) is 3. The number of ether oxygens (including phenoxy) is 1. The van der Waals surface area contributed by atoms with Gasteiger partial charge in [0.25, 0.3) is 0 Å². The average Bonchev–Trinajstić information content (AvgIpc) is 3.42. The number of aliphatic imine (C=N–C) groups is 1. The van der Waals surface area contributed by atoms with Crippen molar-refractivity contribution in [3.63, 3.8) is 0 Å². The molecule has 0 saturated carbocycles. The van der Waals surface area contributed by atoms with E-state index in [-0.39, 0.29) is 18.8 Å². The van der Waals surface area contributed by atoms with E-state index in [0.717, 1.165) is 27.7 Å². The van der Waals surface area contributed by atoms with Gasteiger partial charge in [-0.1, -0.05) is 6.07 Å². The van der Waals surface area contributed by atoms with Gasteiger partial charge >= 0.3 is 5.97 Å². The second kappa shape index (κ2) is 7.46. The van der Waals surface area contributed by atoms with E-state index < -0.39 is 11.5 Å². The van der Waals surface area contributed by atoms with Gasteiger partial charge in [0.1, 0.15) is 23.2 Å². The van der Waals surface area contributed by atoms with E-state index in [4.69, 9.17) is 4.74 Å². The molecule has 0 bridgehead atoms. The summed E-state index contributed by atoms with van der Waals surface area (Å²) in [6.07, 6.45) is 0.196. The van der Waals surface area contributed by atoms with Gasteiger partial charge in [0.05, 0.1) is 0 Å². The predicted octanol–water partition coefficient (Wildman–Crippen LogP) is 4.69. The Morgan fingerprint density at radius 3 is 2.94 bits per heavy atom. The van der Waals surface area contributed by atoms with Gasteiger partial charge < -0.3 is 19.8 Å². The first-order valence-corrected chi connectivity index (χ1v) is 10.8. The standard InChI is InChI=1S/C23H20FN3O3S/c1-13-7-17-18(25-13)3-2-4-20(17)30-11-21-27-23(12-31-21,22(28)29)10-16-8-14-5-6-15(24)9-19(14)26-16/h2-9,25-26H,10-12H2,1H3,(H,28,29). The van der Waals surface area contributed by atoms with Crippen LogP contribution in [0.3, 0.4) is 0 Å². The number of carbonyl (C=O) groups is 1. The molecule has 4 aromatic rings. The number of aromatic nitrogens is 2. The number of H-pyrrole nitrogens is 2. The second-order valence-corrected chi connectivity index (χ2v) is 8.84. The van der Waals surface area contributed by atoms with Crippen LogP contribution in [0.1, 0.15) is 11.4 Å². The molecule has 0 aliphatic carbocycles. The number of carboxylic acid groups (broad SMARTS) is 1. The number of fused-ring (bicyclic) bond motifs is 2. The summed E-state index contributed by atoms with van der Waals surface area (Å²) in [4.78, 5) is 23.1. The second-order valence-electron chi connectivity index (χ2n) is 7.79. The number of aliphatic carboxylic acids is 1. The zero-order valence-electron chi connectivity index (χ0n) is 16.7. The third-order valence-electron chi connectivity index (χ3n) is 5.45. The maximum absolute atomic E-state index is 13.5. The van der Waals surface area contributed by atoms with Gasteiger partial charge in [-0.2, -0.15) is 0 Å². The van der Waals surface area contributed by atoms with Gasteiger partial charge in [-0.3, -0.25) is 4.99 Å². The molecule has 3 heterocycles.